The van der Waals surface area contributed by atoms with Gasteiger partial charge in [0, 0.05) is 17.9 Å². The fourth-order valence-electron chi connectivity index (χ4n) is 0.764. The number of hydrogen-bond donors (Lipinski definition) is 1. The number of halogens is 1. The maximum absolute atomic E-state index is 11.1. The van der Waals surface area contributed by atoms with Crippen LogP contribution in [0.25, 0.3) is 0 Å². The van der Waals surface area contributed by atoms with Gasteiger partial charge in [-0.15, -0.1) is 6.58 Å². The summed E-state index contributed by atoms with van der Waals surface area (Å²) in [5, 5.41) is 20.8. The molecule has 1 unspecified atom stereocenters. The maximum Gasteiger partial charge on any atom is 2.00 e. The Hall–Kier alpha value is -1.79. The van der Waals surface area contributed by atoms with E-state index in [0.717, 1.165) is 19.5 Å². The SMILES string of the molecule is C/C=C/[N+](=O)[O-].C=CC(C)CNC(=O)OC(C)(C)C.CCC=O.C[N+](=O)[O-].[Br-].[CH-]=C.[Mg+2]. The molecule has 1 N–H and O–H groups in total. The first-order valence-electron chi connectivity index (χ1n) is 8.55. The molecule has 0 heterocycles. The average Bonchev–Trinajstić information content (AvgIpc) is 2.60. The number of ether oxygens (including phenoxy) is 1. The Morgan fingerprint density at radius 3 is 1.77 bits per heavy atom. The standard InChI is InChI=1S/C10H19NO2.C3H5NO2.C3H6O.C2H3.CH3NO2.BrH.Mg/c1-6-8(2)7-11-9(12)13-10(3,4)5;1-2-3-4(5)6;1-2-3-4;1-2;1-2(3)4;;/h6,8H,1,7H2,2-5H3,(H,11,12);2-3H,1H3;3H,2H2,1H3;1H,2H2;1H3;1H;/q;;;-1;;;+2/p-1/b;3-2+;;;;;. The van der Waals surface area contributed by atoms with Crippen LogP contribution in [0.2, 0.25) is 0 Å². The molecule has 31 heavy (non-hydrogen) atoms. The van der Waals surface area contributed by atoms with Crippen LogP contribution in [0.1, 0.15) is 48.0 Å². The average molecular weight is 523 g/mol. The molecule has 0 aliphatic carbocycles. The molecule has 1 atom stereocenters. The second-order valence-electron chi connectivity index (χ2n) is 5.88. The molecule has 0 rings (SSSR count). The largest absolute Gasteiger partial charge is 2.00 e. The zero-order valence-electron chi connectivity index (χ0n) is 19.6. The summed E-state index contributed by atoms with van der Waals surface area (Å²) >= 11 is 0. The number of amides is 1. The third-order valence-corrected chi connectivity index (χ3v) is 1.81. The molecule has 0 saturated carbocycles. The van der Waals surface area contributed by atoms with Crippen LogP contribution < -0.4 is 22.3 Å². The maximum atomic E-state index is 11.1. The van der Waals surface area contributed by atoms with Crippen molar-refractivity contribution < 1.29 is 41.2 Å². The second kappa shape index (κ2) is 35.6. The van der Waals surface area contributed by atoms with E-state index >= 15 is 0 Å². The Morgan fingerprint density at radius 2 is 1.61 bits per heavy atom. The Morgan fingerprint density at radius 1 is 1.26 bits per heavy atom. The summed E-state index contributed by atoms with van der Waals surface area (Å²) in [6, 6.07) is 0. The Kier molecular flexibility index (Phi) is 54.2. The van der Waals surface area contributed by atoms with Gasteiger partial charge in [0.15, 0.2) is 7.05 Å². The van der Waals surface area contributed by atoms with Gasteiger partial charge in [-0.1, -0.05) is 19.9 Å². The van der Waals surface area contributed by atoms with Crippen molar-refractivity contribution in [3.63, 3.8) is 0 Å². The smallest absolute Gasteiger partial charge is 1.00 e. The number of nitrogens with one attached hydrogen (secondary N) is 1. The first-order valence-corrected chi connectivity index (χ1v) is 8.55. The molecule has 178 valence electrons. The quantitative estimate of drug-likeness (QED) is 0.141. The van der Waals surface area contributed by atoms with Crippen LogP contribution in [0, 0.1) is 32.7 Å². The number of alkyl carbamates (subject to hydrolysis) is 1. The van der Waals surface area contributed by atoms with Gasteiger partial charge in [0.05, 0.1) is 4.92 Å². The third-order valence-electron chi connectivity index (χ3n) is 1.81. The molecule has 0 spiro atoms. The van der Waals surface area contributed by atoms with Gasteiger partial charge in [0.25, 0.3) is 0 Å². The van der Waals surface area contributed by atoms with Crippen LogP contribution in [-0.4, -0.2) is 64.5 Å². The summed E-state index contributed by atoms with van der Waals surface area (Å²) in [5.74, 6) is 0.271. The van der Waals surface area contributed by atoms with Crippen molar-refractivity contribution >= 4 is 35.4 Å². The van der Waals surface area contributed by atoms with Gasteiger partial charge < -0.3 is 38.4 Å². The van der Waals surface area contributed by atoms with Gasteiger partial charge in [-0.3, -0.25) is 26.8 Å². The molecule has 0 aromatic carbocycles. The molecule has 10 nitrogen and oxygen atoms in total. The van der Waals surface area contributed by atoms with Crippen LogP contribution in [0.5, 0.6) is 0 Å². The normalized spacial score (nSPS) is 9.13. The van der Waals surface area contributed by atoms with Crippen LogP contribution in [0.4, 0.5) is 4.79 Å². The third kappa shape index (κ3) is 96.0. The van der Waals surface area contributed by atoms with Crippen molar-refractivity contribution in [2.75, 3.05) is 13.6 Å². The monoisotopic (exact) mass is 521 g/mol. The summed E-state index contributed by atoms with van der Waals surface area (Å²) in [6.45, 7) is 22.1. The fourth-order valence-corrected chi connectivity index (χ4v) is 0.764. The summed E-state index contributed by atoms with van der Waals surface area (Å²) in [7, 11) is 0.889. The Bertz CT molecular complexity index is 482. The predicted octanol–water partition coefficient (Wildman–Crippen LogP) is 0.847. The van der Waals surface area contributed by atoms with E-state index in [1.807, 2.05) is 34.6 Å². The first-order chi connectivity index (χ1) is 13.3. The molecule has 0 saturated heterocycles. The van der Waals surface area contributed by atoms with Crippen molar-refractivity contribution in [2.24, 2.45) is 5.92 Å². The van der Waals surface area contributed by atoms with Gasteiger partial charge in [-0.2, -0.15) is 0 Å². The van der Waals surface area contributed by atoms with E-state index in [-0.39, 0.29) is 52.0 Å². The predicted molar refractivity (Wildman–Crippen MR) is 120 cm³/mol. The number of carbonyl (C=O) groups excluding carboxylic acids is 2. The van der Waals surface area contributed by atoms with E-state index in [0.29, 0.717) is 13.0 Å². The first kappa shape index (κ1) is 47.1. The van der Waals surface area contributed by atoms with Gasteiger partial charge >= 0.3 is 29.1 Å². The number of carbonyl (C=O) groups is 2. The van der Waals surface area contributed by atoms with E-state index in [4.69, 9.17) is 14.9 Å². The number of hydrogen-bond acceptors (Lipinski definition) is 7. The summed E-state index contributed by atoms with van der Waals surface area (Å²) < 4.78 is 5.05. The minimum Gasteiger partial charge on any atom is -1.00 e. The van der Waals surface area contributed by atoms with Crippen molar-refractivity contribution in [3.8, 4) is 0 Å². The van der Waals surface area contributed by atoms with Gasteiger partial charge in [0.2, 0.25) is 6.20 Å². The van der Waals surface area contributed by atoms with Crippen molar-refractivity contribution in [1.82, 2.24) is 5.32 Å². The minimum absolute atomic E-state index is 0. The molecule has 0 fully saturated rings. The molecule has 12 heteroatoms. The van der Waals surface area contributed by atoms with Crippen molar-refractivity contribution in [2.45, 2.75) is 53.6 Å². The van der Waals surface area contributed by atoms with Crippen LogP contribution in [0.3, 0.4) is 0 Å². The van der Waals surface area contributed by atoms with E-state index in [9.17, 15) is 19.7 Å². The molecular formula is C19H36BrMgN3O7. The van der Waals surface area contributed by atoms with E-state index in [1.54, 1.807) is 13.0 Å². The zero-order valence-corrected chi connectivity index (χ0v) is 22.6. The molecule has 0 aliphatic heterocycles. The number of allylic oxidation sites excluding steroid dienone is 1. The molecule has 0 aromatic rings. The van der Waals surface area contributed by atoms with Gasteiger partial charge in [-0.05, 0) is 39.7 Å². The minimum atomic E-state index is -0.500. The topological polar surface area (TPSA) is 142 Å². The molecule has 1 amide bonds. The van der Waals surface area contributed by atoms with Gasteiger partial charge in [0.1, 0.15) is 11.9 Å². The van der Waals surface area contributed by atoms with E-state index in [2.05, 4.69) is 25.1 Å². The molecule has 0 aromatic heterocycles. The van der Waals surface area contributed by atoms with Gasteiger partial charge in [-0.25, -0.2) is 4.79 Å². The van der Waals surface area contributed by atoms with Crippen LogP contribution in [0.15, 0.2) is 31.5 Å². The summed E-state index contributed by atoms with van der Waals surface area (Å²) in [4.78, 5) is 37.4. The number of rotatable bonds is 5. The molecular weight excluding hydrogens is 486 g/mol. The molecule has 0 radical (unpaired) electrons. The molecule has 0 aliphatic rings. The molecule has 0 bridgehead atoms. The second-order valence-corrected chi connectivity index (χ2v) is 5.88. The van der Waals surface area contributed by atoms with E-state index < -0.39 is 15.4 Å². The number of aldehydes is 1. The Balaban J connectivity index is -0.0000000539. The Labute approximate surface area is 212 Å². The summed E-state index contributed by atoms with van der Waals surface area (Å²) in [6.07, 6.45) is 5.19. The fraction of sp³-hybridized carbons (Fsp3) is 0.579. The number of nitrogens with zero attached hydrogens (tertiary/aromatic N) is 2. The van der Waals surface area contributed by atoms with E-state index in [1.165, 1.54) is 6.08 Å². The summed E-state index contributed by atoms with van der Waals surface area (Å²) in [5.41, 5.74) is -0.429. The van der Waals surface area contributed by atoms with Crippen molar-refractivity contribution in [3.05, 3.63) is 58.3 Å². The van der Waals surface area contributed by atoms with Crippen LogP contribution in [-0.2, 0) is 9.53 Å². The number of nitro groups is 2. The van der Waals surface area contributed by atoms with Crippen LogP contribution >= 0.6 is 0 Å². The van der Waals surface area contributed by atoms with Crippen molar-refractivity contribution in [1.29, 1.82) is 0 Å². The zero-order chi connectivity index (χ0) is 24.5.